The minimum Gasteiger partial charge on any atom is -0.470 e. The van der Waals surface area contributed by atoms with Crippen LogP contribution in [0.4, 0.5) is 31.7 Å². The summed E-state index contributed by atoms with van der Waals surface area (Å²) in [6, 6.07) is 9.33. The van der Waals surface area contributed by atoms with E-state index in [2.05, 4.69) is 10.3 Å². The minimum absolute atomic E-state index is 0. The summed E-state index contributed by atoms with van der Waals surface area (Å²) in [5.74, 6) is -3.53. The van der Waals surface area contributed by atoms with Crippen LogP contribution < -0.4 is 15.1 Å². The number of ether oxygens (including phenoxy) is 2. The van der Waals surface area contributed by atoms with Crippen LogP contribution in [0.25, 0.3) is 0 Å². The monoisotopic (exact) mass is 500 g/mol. The van der Waals surface area contributed by atoms with Crippen LogP contribution in [0.1, 0.15) is 47.0 Å². The van der Waals surface area contributed by atoms with E-state index in [4.69, 9.17) is 9.47 Å². The number of benzene rings is 1. The zero-order valence-corrected chi connectivity index (χ0v) is 20.8. The molecule has 0 bridgehead atoms. The highest BCUT2D eigenvalue weighted by molar-refractivity contribution is 6.00. The first kappa shape index (κ1) is 25.6. The van der Waals surface area contributed by atoms with E-state index in [0.717, 1.165) is 11.3 Å². The van der Waals surface area contributed by atoms with Gasteiger partial charge < -0.3 is 24.6 Å². The summed E-state index contributed by atoms with van der Waals surface area (Å²) in [4.78, 5) is 21.6. The molecule has 36 heavy (non-hydrogen) atoms. The van der Waals surface area contributed by atoms with Crippen LogP contribution in [-0.4, -0.2) is 29.5 Å². The first-order valence-electron chi connectivity index (χ1n) is 12.4. The first-order valence-corrected chi connectivity index (χ1v) is 12.4. The van der Waals surface area contributed by atoms with Crippen molar-refractivity contribution in [3.8, 4) is 0 Å². The minimum atomic E-state index is -3.05. The summed E-state index contributed by atoms with van der Waals surface area (Å²) in [6.45, 7) is 6.16. The molecule has 2 atom stereocenters. The van der Waals surface area contributed by atoms with E-state index >= 15 is 0 Å². The molecule has 1 fully saturated rings. The number of fused-ring (bicyclic) bond motifs is 2. The number of carbonyl (C=O) groups is 1. The summed E-state index contributed by atoms with van der Waals surface area (Å²) in [7, 11) is 0. The van der Waals surface area contributed by atoms with Crippen LogP contribution in [0, 0.1) is 5.92 Å². The van der Waals surface area contributed by atoms with E-state index in [1.165, 1.54) is 0 Å². The van der Waals surface area contributed by atoms with Gasteiger partial charge >= 0.3 is 0 Å². The molecule has 2 aliphatic heterocycles. The Balaban J connectivity index is 0.00000124. The highest BCUT2D eigenvalue weighted by Crippen LogP contribution is 2.43. The van der Waals surface area contributed by atoms with Crippen molar-refractivity contribution in [2.75, 3.05) is 21.7 Å². The lowest BCUT2D eigenvalue weighted by molar-refractivity contribution is -0.170. The van der Waals surface area contributed by atoms with Crippen molar-refractivity contribution in [2.24, 2.45) is 5.92 Å². The Kier molecular flexibility index (Phi) is 7.88. The average Bonchev–Trinajstić information content (AvgIpc) is 3.07. The molecule has 2 aromatic rings. The average molecular weight is 501 g/mol. The zero-order valence-electron chi connectivity index (χ0n) is 20.8. The molecular weight excluding hydrogens is 466 g/mol. The van der Waals surface area contributed by atoms with Crippen LogP contribution in [0.3, 0.4) is 0 Å². The number of pyridine rings is 1. The molecule has 7 nitrogen and oxygen atoms in total. The fourth-order valence-corrected chi connectivity index (χ4v) is 4.70. The van der Waals surface area contributed by atoms with Gasteiger partial charge in [0, 0.05) is 50.2 Å². The number of aromatic nitrogens is 1. The zero-order chi connectivity index (χ0) is 25.7. The van der Waals surface area contributed by atoms with Gasteiger partial charge in [-0.3, -0.25) is 4.79 Å². The van der Waals surface area contributed by atoms with Gasteiger partial charge in [-0.25, -0.2) is 13.8 Å². The fraction of sp³-hybridized carbons (Fsp3) is 0.407. The summed E-state index contributed by atoms with van der Waals surface area (Å²) < 4.78 is 40.0. The molecule has 1 saturated carbocycles. The Morgan fingerprint density at radius 3 is 2.75 bits per heavy atom. The second kappa shape index (κ2) is 11.1. The van der Waals surface area contributed by atoms with E-state index < -0.39 is 24.4 Å². The van der Waals surface area contributed by atoms with Crippen molar-refractivity contribution in [3.05, 3.63) is 67.0 Å². The van der Waals surface area contributed by atoms with Crippen LogP contribution >= 0.6 is 0 Å². The lowest BCUT2D eigenvalue weighted by atomic mass is 9.83. The molecule has 1 N–H and O–H groups in total. The number of anilines is 4. The SMILES string of the molecule is CC.CCO[C@@H]1CC[C@@H](C(=O)N2Cc3cccnc3Nc3ccc(N4C=COC=C4)cc32)CC1(F)F.[HH]. The third-order valence-corrected chi connectivity index (χ3v) is 6.39. The molecule has 5 rings (SSSR count). The van der Waals surface area contributed by atoms with Crippen molar-refractivity contribution in [3.63, 3.8) is 0 Å². The van der Waals surface area contributed by atoms with Crippen molar-refractivity contribution < 1.29 is 24.5 Å². The number of hydrogen-bond donors (Lipinski definition) is 1. The van der Waals surface area contributed by atoms with E-state index in [1.54, 1.807) is 49.0 Å². The lowest BCUT2D eigenvalue weighted by Crippen LogP contribution is -2.47. The predicted molar refractivity (Wildman–Crippen MR) is 138 cm³/mol. The third-order valence-electron chi connectivity index (χ3n) is 6.39. The van der Waals surface area contributed by atoms with Gasteiger partial charge in [0.2, 0.25) is 5.91 Å². The number of halogens is 2. The number of amides is 1. The molecule has 1 aromatic heterocycles. The molecule has 0 unspecified atom stereocenters. The van der Waals surface area contributed by atoms with Gasteiger partial charge in [-0.2, -0.15) is 0 Å². The lowest BCUT2D eigenvalue weighted by Gasteiger charge is -2.37. The van der Waals surface area contributed by atoms with E-state index in [0.29, 0.717) is 23.6 Å². The topological polar surface area (TPSA) is 66.9 Å². The van der Waals surface area contributed by atoms with Gasteiger partial charge in [-0.05, 0) is 44.0 Å². The van der Waals surface area contributed by atoms with Crippen LogP contribution in [-0.2, 0) is 20.8 Å². The maximum atomic E-state index is 14.8. The second-order valence-electron chi connectivity index (χ2n) is 8.56. The number of hydrogen-bond acceptors (Lipinski definition) is 6. The fourth-order valence-electron chi connectivity index (χ4n) is 4.70. The Hall–Kier alpha value is -3.46. The predicted octanol–water partition coefficient (Wildman–Crippen LogP) is 6.56. The highest BCUT2D eigenvalue weighted by atomic mass is 19.3. The van der Waals surface area contributed by atoms with E-state index in [9.17, 15) is 13.6 Å². The van der Waals surface area contributed by atoms with Gasteiger partial charge in [-0.1, -0.05) is 19.9 Å². The Bertz CT molecular complexity index is 1130. The number of nitrogens with one attached hydrogen (secondary N) is 1. The molecule has 3 heterocycles. The molecule has 9 heteroatoms. The maximum absolute atomic E-state index is 14.8. The van der Waals surface area contributed by atoms with Crippen LogP contribution in [0.2, 0.25) is 0 Å². The smallest absolute Gasteiger partial charge is 0.274 e. The van der Waals surface area contributed by atoms with Crippen molar-refractivity contribution in [1.29, 1.82) is 0 Å². The quantitative estimate of drug-likeness (QED) is 0.513. The summed E-state index contributed by atoms with van der Waals surface area (Å²) in [5.41, 5.74) is 2.92. The standard InChI is InChI=1S/C25H26F2N4O3.C2H6.H2/c1-2-34-22-8-5-17(15-25(22,26)27)24(32)31-16-18-4-3-9-28-23(18)29-20-7-6-19(14-21(20)31)30-10-12-33-13-11-30;1-2;/h3-4,6-7,9-14,17,22H,2,5,8,15-16H2,1H3,(H,28,29);1-2H3;1H/t17-,22-;;/m1../s1. The summed E-state index contributed by atoms with van der Waals surface area (Å²) in [5, 5.41) is 3.31. The first-order chi connectivity index (χ1) is 17.5. The van der Waals surface area contributed by atoms with Crippen LogP contribution in [0.15, 0.2) is 61.5 Å². The number of nitrogens with zero attached hydrogens (tertiary/aromatic N) is 3. The summed E-state index contributed by atoms with van der Waals surface area (Å²) >= 11 is 0. The maximum Gasteiger partial charge on any atom is 0.274 e. The number of carbonyl (C=O) groups excluding carboxylic acids is 1. The highest BCUT2D eigenvalue weighted by Gasteiger charge is 2.48. The Morgan fingerprint density at radius 2 is 2.03 bits per heavy atom. The van der Waals surface area contributed by atoms with E-state index in [1.807, 2.05) is 43.0 Å². The molecule has 1 amide bonds. The Morgan fingerprint density at radius 1 is 1.25 bits per heavy atom. The van der Waals surface area contributed by atoms with Crippen molar-refractivity contribution in [2.45, 2.75) is 58.6 Å². The van der Waals surface area contributed by atoms with Gasteiger partial charge in [0.1, 0.15) is 24.4 Å². The van der Waals surface area contributed by atoms with Crippen molar-refractivity contribution >= 4 is 28.8 Å². The van der Waals surface area contributed by atoms with Gasteiger partial charge in [0.15, 0.2) is 0 Å². The van der Waals surface area contributed by atoms with Gasteiger partial charge in [0.25, 0.3) is 5.92 Å². The molecule has 194 valence electrons. The molecule has 0 saturated heterocycles. The molecule has 3 aliphatic rings. The number of alkyl halides is 2. The largest absolute Gasteiger partial charge is 0.470 e. The number of rotatable bonds is 4. The third kappa shape index (κ3) is 5.21. The second-order valence-corrected chi connectivity index (χ2v) is 8.56. The molecule has 0 radical (unpaired) electrons. The van der Waals surface area contributed by atoms with Gasteiger partial charge in [0.05, 0.1) is 17.9 Å². The molecular formula is C27H34F2N4O3. The molecule has 1 aliphatic carbocycles. The van der Waals surface area contributed by atoms with Gasteiger partial charge in [-0.15, -0.1) is 0 Å². The summed E-state index contributed by atoms with van der Waals surface area (Å²) in [6.07, 6.45) is 7.12. The normalized spacial score (nSPS) is 21.7. The van der Waals surface area contributed by atoms with Crippen LogP contribution in [0.5, 0.6) is 0 Å². The molecule has 1 aromatic carbocycles. The Labute approximate surface area is 211 Å². The van der Waals surface area contributed by atoms with Crippen molar-refractivity contribution in [1.82, 2.24) is 4.98 Å². The van der Waals surface area contributed by atoms with E-state index in [-0.39, 0.29) is 26.9 Å². The molecule has 0 spiro atoms.